The van der Waals surface area contributed by atoms with E-state index in [2.05, 4.69) is 37.1 Å². The third kappa shape index (κ3) is 4.04. The first-order chi connectivity index (χ1) is 9.11. The predicted molar refractivity (Wildman–Crippen MR) is 81.0 cm³/mol. The monoisotopic (exact) mass is 260 g/mol. The van der Waals surface area contributed by atoms with Gasteiger partial charge >= 0.3 is 0 Å². The van der Waals surface area contributed by atoms with Crippen LogP contribution < -0.4 is 5.32 Å². The van der Waals surface area contributed by atoms with Gasteiger partial charge in [-0.2, -0.15) is 0 Å². The van der Waals surface area contributed by atoms with E-state index in [4.69, 9.17) is 0 Å². The van der Waals surface area contributed by atoms with Gasteiger partial charge in [0.25, 0.3) is 0 Å². The van der Waals surface area contributed by atoms with E-state index in [1.165, 1.54) is 49.8 Å². The second-order valence-electron chi connectivity index (χ2n) is 6.71. The number of hydrogen-bond acceptors (Lipinski definition) is 2. The zero-order chi connectivity index (χ0) is 13.7. The maximum Gasteiger partial charge on any atom is 0.0315 e. The van der Waals surface area contributed by atoms with Crippen molar-refractivity contribution in [2.24, 2.45) is 11.3 Å². The van der Waals surface area contributed by atoms with Gasteiger partial charge in [-0.15, -0.1) is 0 Å². The van der Waals surface area contributed by atoms with Gasteiger partial charge in [0.1, 0.15) is 0 Å². The number of nitrogens with one attached hydrogen (secondary N) is 1. The molecule has 1 aromatic heterocycles. The van der Waals surface area contributed by atoms with Gasteiger partial charge in [0.15, 0.2) is 0 Å². The first kappa shape index (κ1) is 14.5. The van der Waals surface area contributed by atoms with Crippen molar-refractivity contribution in [2.75, 3.05) is 6.54 Å². The molecule has 0 saturated heterocycles. The van der Waals surface area contributed by atoms with Crippen molar-refractivity contribution >= 4 is 0 Å². The van der Waals surface area contributed by atoms with Gasteiger partial charge < -0.3 is 5.32 Å². The van der Waals surface area contributed by atoms with Crippen molar-refractivity contribution in [1.82, 2.24) is 10.3 Å². The number of pyridine rings is 1. The van der Waals surface area contributed by atoms with Crippen LogP contribution in [0.3, 0.4) is 0 Å². The fourth-order valence-electron chi connectivity index (χ4n) is 3.59. The lowest BCUT2D eigenvalue weighted by atomic mass is 9.78. The minimum absolute atomic E-state index is 0.560. The van der Waals surface area contributed by atoms with Crippen LogP contribution in [0, 0.1) is 18.3 Å². The fourth-order valence-corrected chi connectivity index (χ4v) is 3.59. The van der Waals surface area contributed by atoms with Gasteiger partial charge in [-0.3, -0.25) is 4.98 Å². The molecule has 2 nitrogen and oxygen atoms in total. The molecule has 19 heavy (non-hydrogen) atoms. The summed E-state index contributed by atoms with van der Waals surface area (Å²) in [6.07, 6.45) is 10.9. The predicted octanol–water partition coefficient (Wildman–Crippen LogP) is 4.09. The van der Waals surface area contributed by atoms with Gasteiger partial charge in [-0.05, 0) is 54.7 Å². The molecule has 0 radical (unpaired) electrons. The maximum atomic E-state index is 4.22. The Bertz CT molecular complexity index is 392. The maximum absolute atomic E-state index is 4.22. The molecule has 0 atom stereocenters. The standard InChI is InChI=1S/C17H28N2/c1-14(2)10-17(7-4-5-8-17)13-19-12-16-11-18-9-6-15(16)3/h6,9,11,14,19H,4-5,7-8,10,12-13H2,1-3H3. The van der Waals surface area contributed by atoms with Crippen LogP contribution in [-0.2, 0) is 6.54 Å². The van der Waals surface area contributed by atoms with E-state index in [0.717, 1.165) is 12.5 Å². The molecule has 1 saturated carbocycles. The van der Waals surface area contributed by atoms with Crippen molar-refractivity contribution in [1.29, 1.82) is 0 Å². The van der Waals surface area contributed by atoms with E-state index in [-0.39, 0.29) is 0 Å². The van der Waals surface area contributed by atoms with Gasteiger partial charge in [0.05, 0.1) is 0 Å². The van der Waals surface area contributed by atoms with Crippen LogP contribution >= 0.6 is 0 Å². The molecule has 0 bridgehead atoms. The molecule has 0 spiro atoms. The Kier molecular flexibility index (Phi) is 4.98. The Balaban J connectivity index is 1.88. The van der Waals surface area contributed by atoms with E-state index in [1.54, 1.807) is 0 Å². The molecular formula is C17H28N2. The van der Waals surface area contributed by atoms with Crippen LogP contribution in [0.5, 0.6) is 0 Å². The summed E-state index contributed by atoms with van der Waals surface area (Å²) in [5, 5.41) is 3.69. The van der Waals surface area contributed by atoms with E-state index in [1.807, 2.05) is 12.4 Å². The molecular weight excluding hydrogens is 232 g/mol. The molecule has 1 aliphatic carbocycles. The first-order valence-electron chi connectivity index (χ1n) is 7.71. The summed E-state index contributed by atoms with van der Waals surface area (Å²) < 4.78 is 0. The largest absolute Gasteiger partial charge is 0.312 e. The van der Waals surface area contributed by atoms with Crippen LogP contribution in [0.2, 0.25) is 0 Å². The summed E-state index contributed by atoms with van der Waals surface area (Å²) in [5.74, 6) is 0.806. The third-order valence-electron chi connectivity index (χ3n) is 4.47. The molecule has 2 heteroatoms. The van der Waals surface area contributed by atoms with Crippen molar-refractivity contribution in [2.45, 2.75) is 59.4 Å². The topological polar surface area (TPSA) is 24.9 Å². The van der Waals surface area contributed by atoms with E-state index < -0.39 is 0 Å². The van der Waals surface area contributed by atoms with E-state index in [0.29, 0.717) is 5.41 Å². The van der Waals surface area contributed by atoms with Crippen LogP contribution in [0.4, 0.5) is 0 Å². The summed E-state index contributed by atoms with van der Waals surface area (Å²) in [7, 11) is 0. The summed E-state index contributed by atoms with van der Waals surface area (Å²) >= 11 is 0. The lowest BCUT2D eigenvalue weighted by Crippen LogP contribution is -2.33. The fraction of sp³-hybridized carbons (Fsp3) is 0.706. The quantitative estimate of drug-likeness (QED) is 0.833. The van der Waals surface area contributed by atoms with Crippen LogP contribution in [0.1, 0.15) is 57.1 Å². The SMILES string of the molecule is Cc1ccncc1CNCC1(CC(C)C)CCCC1. The Morgan fingerprint density at radius 2 is 2.05 bits per heavy atom. The molecule has 0 amide bonds. The first-order valence-corrected chi connectivity index (χ1v) is 7.71. The van der Waals surface area contributed by atoms with Gasteiger partial charge in [-0.25, -0.2) is 0 Å². The molecule has 0 unspecified atom stereocenters. The van der Waals surface area contributed by atoms with E-state index in [9.17, 15) is 0 Å². The summed E-state index contributed by atoms with van der Waals surface area (Å²) in [4.78, 5) is 4.22. The number of rotatable bonds is 6. The highest BCUT2D eigenvalue weighted by Crippen LogP contribution is 2.42. The normalized spacial score (nSPS) is 18.1. The smallest absolute Gasteiger partial charge is 0.0315 e. The highest BCUT2D eigenvalue weighted by Gasteiger charge is 2.33. The second-order valence-corrected chi connectivity index (χ2v) is 6.71. The molecule has 1 heterocycles. The molecule has 0 aliphatic heterocycles. The Morgan fingerprint density at radius 3 is 2.68 bits per heavy atom. The van der Waals surface area contributed by atoms with Gasteiger partial charge in [0, 0.05) is 25.5 Å². The highest BCUT2D eigenvalue weighted by molar-refractivity contribution is 5.21. The summed E-state index contributed by atoms with van der Waals surface area (Å²) in [6.45, 7) is 8.99. The molecule has 1 aliphatic rings. The van der Waals surface area contributed by atoms with E-state index >= 15 is 0 Å². The average Bonchev–Trinajstić information content (AvgIpc) is 2.79. The van der Waals surface area contributed by atoms with Gasteiger partial charge in [-0.1, -0.05) is 26.7 Å². The van der Waals surface area contributed by atoms with Crippen LogP contribution in [0.15, 0.2) is 18.5 Å². The van der Waals surface area contributed by atoms with Crippen LogP contribution in [-0.4, -0.2) is 11.5 Å². The molecule has 1 fully saturated rings. The minimum atomic E-state index is 0.560. The van der Waals surface area contributed by atoms with Crippen molar-refractivity contribution < 1.29 is 0 Å². The third-order valence-corrected chi connectivity index (χ3v) is 4.47. The average molecular weight is 260 g/mol. The Labute approximate surface area is 118 Å². The second kappa shape index (κ2) is 6.51. The minimum Gasteiger partial charge on any atom is -0.312 e. The number of aryl methyl sites for hydroxylation is 1. The van der Waals surface area contributed by atoms with Crippen molar-refractivity contribution in [3.8, 4) is 0 Å². The molecule has 106 valence electrons. The summed E-state index contributed by atoms with van der Waals surface area (Å²) in [6, 6.07) is 2.09. The Hall–Kier alpha value is -0.890. The van der Waals surface area contributed by atoms with Crippen molar-refractivity contribution in [3.05, 3.63) is 29.6 Å². The zero-order valence-electron chi connectivity index (χ0n) is 12.7. The number of aromatic nitrogens is 1. The number of hydrogen-bond donors (Lipinski definition) is 1. The van der Waals surface area contributed by atoms with Gasteiger partial charge in [0.2, 0.25) is 0 Å². The molecule has 1 aromatic rings. The summed E-state index contributed by atoms with van der Waals surface area (Å²) in [5.41, 5.74) is 3.23. The number of nitrogens with zero attached hydrogens (tertiary/aromatic N) is 1. The molecule has 0 aromatic carbocycles. The lowest BCUT2D eigenvalue weighted by molar-refractivity contribution is 0.223. The Morgan fingerprint density at radius 1 is 1.32 bits per heavy atom. The lowest BCUT2D eigenvalue weighted by Gasteiger charge is -2.31. The zero-order valence-corrected chi connectivity index (χ0v) is 12.7. The molecule has 1 N–H and O–H groups in total. The molecule has 2 rings (SSSR count). The van der Waals surface area contributed by atoms with Crippen molar-refractivity contribution in [3.63, 3.8) is 0 Å². The van der Waals surface area contributed by atoms with Crippen LogP contribution in [0.25, 0.3) is 0 Å². The highest BCUT2D eigenvalue weighted by atomic mass is 14.9.